The van der Waals surface area contributed by atoms with Crippen LogP contribution in [-0.4, -0.2) is 51.8 Å². The van der Waals surface area contributed by atoms with E-state index in [-0.39, 0.29) is 0 Å². The number of aromatic nitrogens is 2. The summed E-state index contributed by atoms with van der Waals surface area (Å²) in [7, 11) is 0. The zero-order valence-corrected chi connectivity index (χ0v) is 15.8. The lowest BCUT2D eigenvalue weighted by Crippen LogP contribution is -2.48. The van der Waals surface area contributed by atoms with Crippen LogP contribution in [0, 0.1) is 11.6 Å². The maximum Gasteiger partial charge on any atom is 0.163 e. The molecule has 5 nitrogen and oxygen atoms in total. The van der Waals surface area contributed by atoms with E-state index in [9.17, 15) is 8.78 Å². The molecule has 1 saturated heterocycles. The molecule has 27 heavy (non-hydrogen) atoms. The van der Waals surface area contributed by atoms with Crippen molar-refractivity contribution in [3.63, 3.8) is 0 Å². The third-order valence-corrected chi connectivity index (χ3v) is 5.41. The first-order valence-corrected chi connectivity index (χ1v) is 9.75. The van der Waals surface area contributed by atoms with Gasteiger partial charge in [0, 0.05) is 64.0 Å². The van der Waals surface area contributed by atoms with Gasteiger partial charge in [0.2, 0.25) is 0 Å². The fraction of sp³-hybridized carbons (Fsp3) is 0.550. The highest BCUT2D eigenvalue weighted by molar-refractivity contribution is 5.19. The number of nitrogens with one attached hydrogen (secondary N) is 1. The molecule has 0 aliphatic carbocycles. The van der Waals surface area contributed by atoms with E-state index < -0.39 is 11.6 Å². The van der Waals surface area contributed by atoms with Crippen LogP contribution in [0.25, 0.3) is 0 Å². The molecule has 1 N–H and O–H groups in total. The van der Waals surface area contributed by atoms with Gasteiger partial charge in [0.05, 0.1) is 11.4 Å². The van der Waals surface area contributed by atoms with Crippen LogP contribution >= 0.6 is 0 Å². The Kier molecular flexibility index (Phi) is 5.52. The lowest BCUT2D eigenvalue weighted by molar-refractivity contribution is 0.197. The van der Waals surface area contributed by atoms with Crippen LogP contribution in [0.4, 0.5) is 8.78 Å². The lowest BCUT2D eigenvalue weighted by Gasteiger charge is -2.31. The number of fused-ring (bicyclic) bond motifs is 1. The van der Waals surface area contributed by atoms with Gasteiger partial charge in [-0.15, -0.1) is 0 Å². The number of hydrogen-bond acceptors (Lipinski definition) is 4. The van der Waals surface area contributed by atoms with Crippen molar-refractivity contribution in [1.29, 1.82) is 0 Å². The molecule has 1 aromatic heterocycles. The van der Waals surface area contributed by atoms with Crippen molar-refractivity contribution < 1.29 is 8.78 Å². The van der Waals surface area contributed by atoms with Crippen LogP contribution in [0.15, 0.2) is 24.3 Å². The summed E-state index contributed by atoms with van der Waals surface area (Å²) in [5.74, 6) is -1.51. The number of piperazine rings is 1. The highest BCUT2D eigenvalue weighted by Crippen LogP contribution is 2.19. The molecule has 0 bridgehead atoms. The van der Waals surface area contributed by atoms with E-state index in [1.807, 2.05) is 0 Å². The molecular formula is C20H27F2N5. The highest BCUT2D eigenvalue weighted by atomic mass is 19.2. The van der Waals surface area contributed by atoms with E-state index >= 15 is 0 Å². The first-order chi connectivity index (χ1) is 13.1. The summed E-state index contributed by atoms with van der Waals surface area (Å²) < 4.78 is 29.6. The Morgan fingerprint density at radius 1 is 1.15 bits per heavy atom. The van der Waals surface area contributed by atoms with Crippen molar-refractivity contribution >= 4 is 0 Å². The molecule has 7 heteroatoms. The monoisotopic (exact) mass is 375 g/mol. The number of nitrogens with zero attached hydrogens (tertiary/aromatic N) is 4. The van der Waals surface area contributed by atoms with E-state index in [4.69, 9.17) is 5.10 Å². The number of rotatable bonds is 4. The van der Waals surface area contributed by atoms with Gasteiger partial charge >= 0.3 is 0 Å². The number of halogens is 2. The van der Waals surface area contributed by atoms with Gasteiger partial charge < -0.3 is 5.32 Å². The van der Waals surface area contributed by atoms with E-state index in [1.165, 1.54) is 6.07 Å². The van der Waals surface area contributed by atoms with Gasteiger partial charge in [-0.2, -0.15) is 5.10 Å². The zero-order valence-electron chi connectivity index (χ0n) is 15.8. The summed E-state index contributed by atoms with van der Waals surface area (Å²) in [5, 5.41) is 8.26. The molecular weight excluding hydrogens is 348 g/mol. The molecule has 1 fully saturated rings. The molecule has 2 aliphatic rings. The molecule has 3 heterocycles. The number of benzene rings is 1. The minimum absolute atomic E-state index is 0.415. The molecule has 146 valence electrons. The second kappa shape index (κ2) is 8.04. The van der Waals surface area contributed by atoms with Gasteiger partial charge in [0.15, 0.2) is 11.6 Å². The third kappa shape index (κ3) is 4.36. The van der Waals surface area contributed by atoms with Crippen molar-refractivity contribution in [2.45, 2.75) is 45.6 Å². The Hall–Kier alpha value is -1.83. The van der Waals surface area contributed by atoms with Crippen molar-refractivity contribution in [3.05, 3.63) is 52.9 Å². The van der Waals surface area contributed by atoms with Gasteiger partial charge in [-0.25, -0.2) is 8.78 Å². The van der Waals surface area contributed by atoms with Crippen LogP contribution in [0.1, 0.15) is 30.3 Å². The summed E-state index contributed by atoms with van der Waals surface area (Å²) >= 11 is 0. The molecule has 0 unspecified atom stereocenters. The van der Waals surface area contributed by atoms with Crippen LogP contribution in [-0.2, 0) is 26.2 Å². The van der Waals surface area contributed by atoms with Crippen molar-refractivity contribution in [1.82, 2.24) is 24.9 Å². The van der Waals surface area contributed by atoms with Crippen LogP contribution in [0.3, 0.4) is 0 Å². The fourth-order valence-corrected chi connectivity index (χ4v) is 4.10. The maximum absolute atomic E-state index is 14.0. The zero-order chi connectivity index (χ0) is 18.8. The molecule has 0 spiro atoms. The molecule has 1 atom stereocenters. The van der Waals surface area contributed by atoms with E-state index in [1.54, 1.807) is 12.1 Å². The minimum Gasteiger partial charge on any atom is -0.312 e. The average molecular weight is 375 g/mol. The molecule has 0 amide bonds. The van der Waals surface area contributed by atoms with Crippen LogP contribution < -0.4 is 5.32 Å². The maximum atomic E-state index is 14.0. The quantitative estimate of drug-likeness (QED) is 0.890. The van der Waals surface area contributed by atoms with Crippen LogP contribution in [0.5, 0.6) is 0 Å². The predicted molar refractivity (Wildman–Crippen MR) is 100 cm³/mol. The van der Waals surface area contributed by atoms with E-state index in [2.05, 4.69) is 32.8 Å². The first-order valence-electron chi connectivity index (χ1n) is 9.75. The largest absolute Gasteiger partial charge is 0.312 e. The minimum atomic E-state index is -0.778. The Balaban J connectivity index is 1.44. The molecule has 1 aromatic carbocycles. The summed E-state index contributed by atoms with van der Waals surface area (Å²) in [4.78, 5) is 4.61. The van der Waals surface area contributed by atoms with Crippen molar-refractivity contribution in [2.75, 3.05) is 26.2 Å². The fourth-order valence-electron chi connectivity index (χ4n) is 4.10. The smallest absolute Gasteiger partial charge is 0.163 e. The van der Waals surface area contributed by atoms with Gasteiger partial charge in [0.25, 0.3) is 0 Å². The molecule has 2 aromatic rings. The molecule has 0 radical (unpaired) electrons. The Labute approximate surface area is 158 Å². The Bertz CT molecular complexity index is 791. The molecule has 0 saturated carbocycles. The van der Waals surface area contributed by atoms with Crippen molar-refractivity contribution in [3.8, 4) is 0 Å². The van der Waals surface area contributed by atoms with E-state index in [0.29, 0.717) is 24.7 Å². The topological polar surface area (TPSA) is 36.3 Å². The van der Waals surface area contributed by atoms with Gasteiger partial charge in [0.1, 0.15) is 0 Å². The standard InChI is InChI=1S/C20H27F2N5/c1-15-11-26(9-6-23-15)13-17-10-18-14-25(7-3-8-27(18)24-17)12-16-4-2-5-19(21)20(16)22/h2,4-5,10,15,23H,3,6-9,11-14H2,1H3/t15-/m1/s1. The second-order valence-electron chi connectivity index (χ2n) is 7.72. The number of hydrogen-bond donors (Lipinski definition) is 1. The highest BCUT2D eigenvalue weighted by Gasteiger charge is 2.21. The van der Waals surface area contributed by atoms with E-state index in [0.717, 1.165) is 57.1 Å². The Morgan fingerprint density at radius 2 is 2.04 bits per heavy atom. The third-order valence-electron chi connectivity index (χ3n) is 5.41. The summed E-state index contributed by atoms with van der Waals surface area (Å²) in [6.45, 7) is 9.01. The average Bonchev–Trinajstić information content (AvgIpc) is 2.90. The summed E-state index contributed by atoms with van der Waals surface area (Å²) in [6.07, 6.45) is 0.954. The van der Waals surface area contributed by atoms with Gasteiger partial charge in [-0.05, 0) is 25.5 Å². The van der Waals surface area contributed by atoms with Gasteiger partial charge in [-0.3, -0.25) is 14.5 Å². The first kappa shape index (κ1) is 18.5. The van der Waals surface area contributed by atoms with Crippen molar-refractivity contribution in [2.24, 2.45) is 0 Å². The van der Waals surface area contributed by atoms with Gasteiger partial charge in [-0.1, -0.05) is 12.1 Å². The normalized spacial score (nSPS) is 21.8. The predicted octanol–water partition coefficient (Wildman–Crippen LogP) is 2.36. The molecule has 4 rings (SSSR count). The number of aryl methyl sites for hydroxylation is 1. The second-order valence-corrected chi connectivity index (χ2v) is 7.72. The SMILES string of the molecule is C[C@@H]1CN(Cc2cc3n(n2)CCCN(Cc2cccc(F)c2F)C3)CCN1. The summed E-state index contributed by atoms with van der Waals surface area (Å²) in [6, 6.07) is 7.09. The van der Waals surface area contributed by atoms with Crippen LogP contribution in [0.2, 0.25) is 0 Å². The lowest BCUT2D eigenvalue weighted by atomic mass is 10.2. The summed E-state index contributed by atoms with van der Waals surface area (Å²) in [5.41, 5.74) is 2.67. The molecule has 2 aliphatic heterocycles. The Morgan fingerprint density at radius 3 is 2.89 bits per heavy atom.